The standard InChI is InChI=1S/C15H16N2O5S.Na/c1-6(18)11-9-4-8(12(15(21)22)17(9)14(11)20)7-3-10(23-5-7)13(19)16-2;/h3,5-6,9,11,18H,4H2,1-2H3,(H,16,19)(H,21,22);/q;+1/p-1. The van der Waals surface area contributed by atoms with Crippen LogP contribution in [0.2, 0.25) is 0 Å². The molecule has 2 N–H and O–H groups in total. The average Bonchev–Trinajstić information content (AvgIpc) is 3.08. The Morgan fingerprint density at radius 3 is 2.71 bits per heavy atom. The Hall–Kier alpha value is -1.19. The molecule has 2 aliphatic heterocycles. The van der Waals surface area contributed by atoms with E-state index in [1.807, 2.05) is 0 Å². The van der Waals surface area contributed by atoms with Crippen molar-refractivity contribution in [1.29, 1.82) is 0 Å². The van der Waals surface area contributed by atoms with Gasteiger partial charge in [0.25, 0.3) is 5.91 Å². The van der Waals surface area contributed by atoms with Crippen LogP contribution in [-0.4, -0.2) is 47.0 Å². The normalized spacial score (nSPS) is 23.3. The van der Waals surface area contributed by atoms with E-state index >= 15 is 0 Å². The predicted octanol–water partition coefficient (Wildman–Crippen LogP) is -3.82. The molecule has 0 spiro atoms. The molecule has 2 aliphatic rings. The van der Waals surface area contributed by atoms with Gasteiger partial charge >= 0.3 is 29.6 Å². The van der Waals surface area contributed by atoms with Crippen LogP contribution in [0.5, 0.6) is 0 Å². The van der Waals surface area contributed by atoms with E-state index in [0.717, 1.165) is 0 Å². The summed E-state index contributed by atoms with van der Waals surface area (Å²) in [5, 5.41) is 25.4. The zero-order valence-corrected chi connectivity index (χ0v) is 16.3. The summed E-state index contributed by atoms with van der Waals surface area (Å²) >= 11 is 1.20. The zero-order valence-electron chi connectivity index (χ0n) is 13.5. The van der Waals surface area contributed by atoms with Crippen LogP contribution >= 0.6 is 11.3 Å². The van der Waals surface area contributed by atoms with Gasteiger partial charge in [0.15, 0.2) is 0 Å². The van der Waals surface area contributed by atoms with E-state index in [4.69, 9.17) is 0 Å². The molecule has 24 heavy (non-hydrogen) atoms. The molecule has 3 rings (SSSR count). The zero-order chi connectivity index (χ0) is 16.9. The number of fused-ring (bicyclic) bond motifs is 1. The average molecular weight is 358 g/mol. The van der Waals surface area contributed by atoms with Crippen LogP contribution in [0.1, 0.15) is 28.6 Å². The minimum absolute atomic E-state index is 0. The Morgan fingerprint density at radius 1 is 1.50 bits per heavy atom. The molecule has 3 heterocycles. The molecule has 1 aromatic heterocycles. The number of carbonyl (C=O) groups is 3. The fourth-order valence-electron chi connectivity index (χ4n) is 3.25. The largest absolute Gasteiger partial charge is 1.00 e. The number of rotatable bonds is 4. The molecule has 0 aliphatic carbocycles. The number of aliphatic carboxylic acids is 1. The fourth-order valence-corrected chi connectivity index (χ4v) is 4.12. The van der Waals surface area contributed by atoms with E-state index in [1.54, 1.807) is 11.4 Å². The molecule has 7 nitrogen and oxygen atoms in total. The Morgan fingerprint density at radius 2 is 2.17 bits per heavy atom. The predicted molar refractivity (Wildman–Crippen MR) is 80.1 cm³/mol. The maximum absolute atomic E-state index is 12.1. The number of nitrogens with zero attached hydrogens (tertiary/aromatic N) is 1. The smallest absolute Gasteiger partial charge is 0.543 e. The van der Waals surface area contributed by atoms with Gasteiger partial charge in [0.2, 0.25) is 5.91 Å². The number of carboxylic acid groups (broad SMARTS) is 1. The molecule has 1 fully saturated rings. The maximum Gasteiger partial charge on any atom is 1.00 e. The summed E-state index contributed by atoms with van der Waals surface area (Å²) in [6.45, 7) is 1.52. The molecule has 9 heteroatoms. The number of aliphatic hydroxyl groups excluding tert-OH is 1. The van der Waals surface area contributed by atoms with Crippen molar-refractivity contribution in [3.8, 4) is 0 Å². The number of nitrogens with one attached hydrogen (secondary N) is 1. The van der Waals surface area contributed by atoms with Crippen molar-refractivity contribution in [2.75, 3.05) is 7.05 Å². The molecular weight excluding hydrogens is 343 g/mol. The minimum atomic E-state index is -1.42. The Labute approximate surface area is 164 Å². The number of thiophene rings is 1. The van der Waals surface area contributed by atoms with Crippen LogP contribution in [0.15, 0.2) is 17.1 Å². The quantitative estimate of drug-likeness (QED) is 0.424. The molecule has 2 amide bonds. The fraction of sp³-hybridized carbons (Fsp3) is 0.400. The first-order valence-corrected chi connectivity index (χ1v) is 8.01. The summed E-state index contributed by atoms with van der Waals surface area (Å²) in [4.78, 5) is 36.9. The van der Waals surface area contributed by atoms with Gasteiger partial charge in [-0.05, 0) is 35.9 Å². The number of amides is 2. The summed E-state index contributed by atoms with van der Waals surface area (Å²) in [7, 11) is 1.51. The van der Waals surface area contributed by atoms with Crippen LogP contribution < -0.4 is 40.0 Å². The first-order valence-electron chi connectivity index (χ1n) is 7.13. The molecule has 0 radical (unpaired) electrons. The second-order valence-corrected chi connectivity index (χ2v) is 6.55. The van der Waals surface area contributed by atoms with Crippen LogP contribution in [0, 0.1) is 5.92 Å². The van der Waals surface area contributed by atoms with Gasteiger partial charge in [0.05, 0.1) is 34.6 Å². The summed E-state index contributed by atoms with van der Waals surface area (Å²) in [5.74, 6) is -2.68. The van der Waals surface area contributed by atoms with Crippen molar-refractivity contribution >= 4 is 34.7 Å². The van der Waals surface area contributed by atoms with E-state index in [-0.39, 0.29) is 47.2 Å². The van der Waals surface area contributed by atoms with Crippen LogP contribution in [0.25, 0.3) is 5.57 Å². The number of hydrogen-bond acceptors (Lipinski definition) is 6. The van der Waals surface area contributed by atoms with Gasteiger partial charge in [0.1, 0.15) is 0 Å². The van der Waals surface area contributed by atoms with E-state index in [0.29, 0.717) is 22.4 Å². The second kappa shape index (κ2) is 6.97. The van der Waals surface area contributed by atoms with Gasteiger partial charge in [-0.2, -0.15) is 0 Å². The summed E-state index contributed by atoms with van der Waals surface area (Å²) in [5.41, 5.74) is 0.912. The molecule has 0 saturated carbocycles. The van der Waals surface area contributed by atoms with Crippen molar-refractivity contribution in [3.63, 3.8) is 0 Å². The topological polar surface area (TPSA) is 110 Å². The van der Waals surface area contributed by atoms with Gasteiger partial charge in [0, 0.05) is 7.05 Å². The summed E-state index contributed by atoms with van der Waals surface area (Å²) in [6.07, 6.45) is -0.510. The van der Waals surface area contributed by atoms with Crippen LogP contribution in [-0.2, 0) is 9.59 Å². The minimum Gasteiger partial charge on any atom is -0.543 e. The molecule has 1 aromatic rings. The third kappa shape index (κ3) is 2.82. The van der Waals surface area contributed by atoms with E-state index in [2.05, 4.69) is 5.32 Å². The SMILES string of the molecule is CNC(=O)c1cc(C2=C(C(=O)[O-])N3C(=O)C(C(C)O)C3C2)cs1.[Na+]. The number of β-lactam (4-membered cyclic amide) rings is 1. The molecule has 3 atom stereocenters. The molecule has 0 bridgehead atoms. The van der Waals surface area contributed by atoms with Gasteiger partial charge in [-0.15, -0.1) is 11.3 Å². The number of aliphatic hydroxyl groups is 1. The summed E-state index contributed by atoms with van der Waals surface area (Å²) in [6, 6.07) is 1.24. The third-order valence-corrected chi connectivity index (χ3v) is 5.25. The van der Waals surface area contributed by atoms with Crippen molar-refractivity contribution in [2.24, 2.45) is 5.92 Å². The number of carbonyl (C=O) groups excluding carboxylic acids is 3. The Balaban J connectivity index is 0.00000208. The molecule has 0 aromatic carbocycles. The molecule has 122 valence electrons. The molecular formula is C15H15N2NaO5S. The van der Waals surface area contributed by atoms with Crippen molar-refractivity contribution in [2.45, 2.75) is 25.5 Å². The summed E-state index contributed by atoms with van der Waals surface area (Å²) < 4.78 is 0. The first-order chi connectivity index (χ1) is 10.9. The third-order valence-electron chi connectivity index (χ3n) is 4.32. The van der Waals surface area contributed by atoms with Gasteiger partial charge in [-0.25, -0.2) is 0 Å². The van der Waals surface area contributed by atoms with Gasteiger partial charge in [-0.3, -0.25) is 9.59 Å². The van der Waals surface area contributed by atoms with Crippen molar-refractivity contribution < 1.29 is 54.2 Å². The van der Waals surface area contributed by atoms with Gasteiger partial charge in [-0.1, -0.05) is 0 Å². The number of hydrogen-bond donors (Lipinski definition) is 2. The molecule has 3 unspecified atom stereocenters. The van der Waals surface area contributed by atoms with Gasteiger partial charge < -0.3 is 25.2 Å². The number of carboxylic acids is 1. The first kappa shape index (κ1) is 19.1. The van der Waals surface area contributed by atoms with Crippen LogP contribution in [0.4, 0.5) is 0 Å². The van der Waals surface area contributed by atoms with Crippen LogP contribution in [0.3, 0.4) is 0 Å². The van der Waals surface area contributed by atoms with E-state index in [9.17, 15) is 24.6 Å². The van der Waals surface area contributed by atoms with E-state index < -0.39 is 23.9 Å². The van der Waals surface area contributed by atoms with Crippen molar-refractivity contribution in [1.82, 2.24) is 10.2 Å². The van der Waals surface area contributed by atoms with E-state index in [1.165, 1.54) is 30.2 Å². The van der Waals surface area contributed by atoms with Crippen molar-refractivity contribution in [3.05, 3.63) is 27.6 Å². The Kier molecular flexibility index (Phi) is 5.56. The Bertz CT molecular complexity index is 742. The molecule has 1 saturated heterocycles. The second-order valence-electron chi connectivity index (χ2n) is 5.64. The monoisotopic (exact) mass is 358 g/mol. The maximum atomic E-state index is 12.1.